The molecule has 0 unspecified atom stereocenters. The molecule has 3 rings (SSSR count). The first-order valence-corrected chi connectivity index (χ1v) is 8.77. The summed E-state index contributed by atoms with van der Waals surface area (Å²) >= 11 is 5.40. The molecule has 0 radical (unpaired) electrons. The van der Waals surface area contributed by atoms with Crippen LogP contribution < -0.4 is 9.80 Å². The second-order valence-corrected chi connectivity index (χ2v) is 6.61. The van der Waals surface area contributed by atoms with Crippen LogP contribution in [0.4, 0.5) is 28.9 Å². The van der Waals surface area contributed by atoms with Crippen LogP contribution in [0.25, 0.3) is 0 Å². The maximum atomic E-state index is 14.5. The summed E-state index contributed by atoms with van der Waals surface area (Å²) < 4.78 is 54.3. The molecule has 0 amide bonds. The Morgan fingerprint density at radius 1 is 1.21 bits per heavy atom. The van der Waals surface area contributed by atoms with Crippen molar-refractivity contribution in [3.8, 4) is 6.07 Å². The fourth-order valence-corrected chi connectivity index (χ4v) is 3.45. The number of nitriles is 1. The molecule has 1 fully saturated rings. The number of alkyl halides is 3. The molecule has 1 saturated heterocycles. The van der Waals surface area contributed by atoms with Gasteiger partial charge in [0.05, 0.1) is 29.4 Å². The van der Waals surface area contributed by atoms with Gasteiger partial charge in [0.25, 0.3) is 0 Å². The number of hydrogen-bond donors (Lipinski definition) is 0. The average Bonchev–Trinajstić information content (AvgIpc) is 2.94. The van der Waals surface area contributed by atoms with Gasteiger partial charge in [-0.15, -0.1) is 0 Å². The van der Waals surface area contributed by atoms with E-state index in [9.17, 15) is 17.6 Å². The highest BCUT2D eigenvalue weighted by Crippen LogP contribution is 2.37. The molecule has 0 atom stereocenters. The second-order valence-electron chi connectivity index (χ2n) is 6.25. The van der Waals surface area contributed by atoms with E-state index in [4.69, 9.17) is 17.5 Å². The first-order chi connectivity index (χ1) is 13.2. The Bertz CT molecular complexity index is 1010. The van der Waals surface area contributed by atoms with Crippen LogP contribution in [-0.2, 0) is 12.6 Å². The lowest BCUT2D eigenvalue weighted by molar-refractivity contribution is -0.137. The number of anilines is 2. The van der Waals surface area contributed by atoms with E-state index < -0.39 is 23.1 Å². The van der Waals surface area contributed by atoms with Gasteiger partial charge in [0, 0.05) is 11.4 Å². The summed E-state index contributed by atoms with van der Waals surface area (Å²) in [5.41, 5.74) is 0.0424. The summed E-state index contributed by atoms with van der Waals surface area (Å²) in [6, 6.07) is 9.63. The summed E-state index contributed by atoms with van der Waals surface area (Å²) in [6.45, 7) is 5.91. The number of rotatable bonds is 3. The fourth-order valence-electron chi connectivity index (χ4n) is 3.05. The lowest BCUT2D eigenvalue weighted by Gasteiger charge is -2.23. The molecular weight excluding hydrogens is 390 g/mol. The minimum atomic E-state index is -4.69. The summed E-state index contributed by atoms with van der Waals surface area (Å²) in [6.07, 6.45) is -4.02. The van der Waals surface area contributed by atoms with Crippen molar-refractivity contribution in [2.45, 2.75) is 19.5 Å². The molecule has 0 saturated carbocycles. The normalized spacial score (nSPS) is 14.6. The number of aryl methyl sites for hydroxylation is 1. The number of halogens is 4. The molecule has 0 bridgehead atoms. The van der Waals surface area contributed by atoms with Gasteiger partial charge in [-0.25, -0.2) is 4.39 Å². The zero-order chi connectivity index (χ0) is 20.6. The largest absolute Gasteiger partial charge is 0.417 e. The Kier molecular flexibility index (Phi) is 5.13. The van der Waals surface area contributed by atoms with Crippen LogP contribution in [0.15, 0.2) is 48.7 Å². The van der Waals surface area contributed by atoms with Gasteiger partial charge in [-0.05, 0) is 54.5 Å². The smallest absolute Gasteiger partial charge is 0.310 e. The highest BCUT2D eigenvalue weighted by Gasteiger charge is 2.37. The average molecular weight is 405 g/mol. The second kappa shape index (κ2) is 7.24. The summed E-state index contributed by atoms with van der Waals surface area (Å²) in [5, 5.41) is 9.07. The van der Waals surface area contributed by atoms with Crippen LogP contribution >= 0.6 is 12.2 Å². The molecule has 144 valence electrons. The highest BCUT2D eigenvalue weighted by molar-refractivity contribution is 7.80. The number of nitrogens with zero attached hydrogens (tertiary/aromatic N) is 3. The predicted octanol–water partition coefficient (Wildman–Crippen LogP) is 5.40. The molecule has 0 aromatic heterocycles. The summed E-state index contributed by atoms with van der Waals surface area (Å²) in [4.78, 5) is 2.84. The maximum Gasteiger partial charge on any atom is 0.417 e. The third-order valence-electron chi connectivity index (χ3n) is 4.48. The Morgan fingerprint density at radius 2 is 1.93 bits per heavy atom. The van der Waals surface area contributed by atoms with Gasteiger partial charge >= 0.3 is 6.18 Å². The molecule has 28 heavy (non-hydrogen) atoms. The van der Waals surface area contributed by atoms with Crippen molar-refractivity contribution in [1.29, 1.82) is 5.26 Å². The summed E-state index contributed by atoms with van der Waals surface area (Å²) in [7, 11) is 0. The molecule has 8 heteroatoms. The van der Waals surface area contributed by atoms with E-state index in [1.54, 1.807) is 18.2 Å². The zero-order valence-electron chi connectivity index (χ0n) is 14.8. The van der Waals surface area contributed by atoms with Crippen molar-refractivity contribution in [2.24, 2.45) is 0 Å². The fraction of sp³-hybridized carbons (Fsp3) is 0.200. The third-order valence-corrected chi connectivity index (χ3v) is 4.88. The minimum Gasteiger partial charge on any atom is -0.310 e. The van der Waals surface area contributed by atoms with E-state index in [1.165, 1.54) is 21.9 Å². The van der Waals surface area contributed by atoms with Gasteiger partial charge in [0.15, 0.2) is 5.11 Å². The van der Waals surface area contributed by atoms with Crippen molar-refractivity contribution in [3.63, 3.8) is 0 Å². The summed E-state index contributed by atoms with van der Waals surface area (Å²) in [5.74, 6) is -0.466. The molecule has 1 heterocycles. The van der Waals surface area contributed by atoms with E-state index in [0.717, 1.165) is 17.7 Å². The Hall–Kier alpha value is -2.92. The van der Waals surface area contributed by atoms with Crippen molar-refractivity contribution in [3.05, 3.63) is 71.2 Å². The molecule has 1 aliphatic heterocycles. The molecule has 2 aromatic rings. The third kappa shape index (κ3) is 3.45. The van der Waals surface area contributed by atoms with E-state index >= 15 is 0 Å². The van der Waals surface area contributed by atoms with Gasteiger partial charge in [-0.3, -0.25) is 4.90 Å². The van der Waals surface area contributed by atoms with Crippen LogP contribution in [0.5, 0.6) is 0 Å². The van der Waals surface area contributed by atoms with Crippen LogP contribution in [0, 0.1) is 17.1 Å². The number of benzene rings is 2. The molecule has 3 nitrogen and oxygen atoms in total. The SMILES string of the molecule is C=C1CN(c2ccc(CC)cc2F)C(=S)N1c1ccc(C#N)c(C(F)(F)F)c1. The molecular formula is C20H15F4N3S. The maximum absolute atomic E-state index is 14.5. The molecule has 0 N–H and O–H groups in total. The molecule has 1 aliphatic rings. The van der Waals surface area contributed by atoms with Gasteiger partial charge in [0.1, 0.15) is 5.82 Å². The first kappa shape index (κ1) is 19.8. The van der Waals surface area contributed by atoms with Crippen LogP contribution in [0.2, 0.25) is 0 Å². The molecule has 2 aromatic carbocycles. The van der Waals surface area contributed by atoms with Gasteiger partial charge in [-0.2, -0.15) is 18.4 Å². The monoisotopic (exact) mass is 405 g/mol. The quantitative estimate of drug-likeness (QED) is 0.505. The van der Waals surface area contributed by atoms with Crippen LogP contribution in [0.3, 0.4) is 0 Å². The standard InChI is InChI=1S/C20H15F4N3S/c1-3-13-4-7-18(17(21)8-13)26-11-12(2)27(19(26)28)15-6-5-14(10-25)16(9-15)20(22,23)24/h4-9H,2-3,11H2,1H3. The van der Waals surface area contributed by atoms with E-state index in [0.29, 0.717) is 12.1 Å². The highest BCUT2D eigenvalue weighted by atomic mass is 32.1. The lowest BCUT2D eigenvalue weighted by Crippen LogP contribution is -2.31. The lowest BCUT2D eigenvalue weighted by atomic mass is 10.1. The molecule has 0 aliphatic carbocycles. The number of hydrogen-bond acceptors (Lipinski definition) is 2. The van der Waals surface area contributed by atoms with Gasteiger partial charge in [-0.1, -0.05) is 19.6 Å². The van der Waals surface area contributed by atoms with E-state index in [2.05, 4.69) is 6.58 Å². The Balaban J connectivity index is 2.00. The van der Waals surface area contributed by atoms with Crippen molar-refractivity contribution >= 4 is 28.7 Å². The molecule has 0 spiro atoms. The van der Waals surface area contributed by atoms with E-state index in [-0.39, 0.29) is 23.0 Å². The van der Waals surface area contributed by atoms with Crippen molar-refractivity contribution < 1.29 is 17.6 Å². The zero-order valence-corrected chi connectivity index (χ0v) is 15.7. The minimum absolute atomic E-state index is 0.117. The van der Waals surface area contributed by atoms with Crippen LogP contribution in [0.1, 0.15) is 23.6 Å². The topological polar surface area (TPSA) is 30.3 Å². The Morgan fingerprint density at radius 3 is 2.50 bits per heavy atom. The van der Waals surface area contributed by atoms with Crippen molar-refractivity contribution in [2.75, 3.05) is 16.3 Å². The Labute approximate surface area is 165 Å². The predicted molar refractivity (Wildman–Crippen MR) is 104 cm³/mol. The first-order valence-electron chi connectivity index (χ1n) is 8.36. The van der Waals surface area contributed by atoms with Gasteiger partial charge < -0.3 is 4.90 Å². The van der Waals surface area contributed by atoms with E-state index in [1.807, 2.05) is 6.92 Å². The number of thiocarbonyl (C=S) groups is 1. The van der Waals surface area contributed by atoms with Crippen molar-refractivity contribution in [1.82, 2.24) is 0 Å². The van der Waals surface area contributed by atoms with Crippen LogP contribution in [-0.4, -0.2) is 11.7 Å². The van der Waals surface area contributed by atoms with Gasteiger partial charge in [0.2, 0.25) is 0 Å².